The molecule has 7 nitrogen and oxygen atoms in total. The molecule has 0 saturated carbocycles. The minimum Gasteiger partial charge on any atom is -0.387 e. The summed E-state index contributed by atoms with van der Waals surface area (Å²) in [5.41, 5.74) is 4.78. The number of aromatic nitrogens is 1. The molecule has 1 heterocycles. The highest BCUT2D eigenvalue weighted by Crippen LogP contribution is 2.17. The van der Waals surface area contributed by atoms with Gasteiger partial charge in [0.05, 0.1) is 6.10 Å². The van der Waals surface area contributed by atoms with E-state index >= 15 is 0 Å². The normalized spacial score (nSPS) is 14.9. The van der Waals surface area contributed by atoms with Crippen molar-refractivity contribution < 1.29 is 20.2 Å². The van der Waals surface area contributed by atoms with Gasteiger partial charge in [-0.05, 0) is 20.8 Å². The van der Waals surface area contributed by atoms with Crippen LogP contribution in [-0.2, 0) is 4.84 Å². The van der Waals surface area contributed by atoms with Gasteiger partial charge in [0.1, 0.15) is 11.4 Å². The maximum atomic E-state index is 9.60. The van der Waals surface area contributed by atoms with Crippen molar-refractivity contribution in [1.29, 1.82) is 0 Å². The highest BCUT2D eigenvalue weighted by Gasteiger charge is 2.29. The molecular weight excluding hydrogens is 258 g/mol. The first-order valence-electron chi connectivity index (χ1n) is 5.25. The Morgan fingerprint density at radius 2 is 2.11 bits per heavy atom. The molecule has 102 valence electrons. The zero-order valence-corrected chi connectivity index (χ0v) is 11.2. The van der Waals surface area contributed by atoms with Crippen molar-refractivity contribution in [2.75, 3.05) is 5.73 Å². The van der Waals surface area contributed by atoms with Crippen LogP contribution in [0.15, 0.2) is 10.5 Å². The van der Waals surface area contributed by atoms with E-state index in [2.05, 4.69) is 10.1 Å². The number of nitrogens with two attached hydrogens (primary N) is 1. The summed E-state index contributed by atoms with van der Waals surface area (Å²) in [6, 6.07) is 0. The molecule has 0 unspecified atom stereocenters. The van der Waals surface area contributed by atoms with Crippen molar-refractivity contribution in [3.63, 3.8) is 0 Å². The minimum absolute atomic E-state index is 0.177. The third kappa shape index (κ3) is 3.64. The van der Waals surface area contributed by atoms with Crippen LogP contribution in [0.5, 0.6) is 0 Å². The van der Waals surface area contributed by atoms with Gasteiger partial charge in [-0.25, -0.2) is 4.98 Å². The fraction of sp³-hybridized carbons (Fsp3) is 0.600. The number of aliphatic hydroxyl groups is 3. The Kier molecular flexibility index (Phi) is 4.63. The molecule has 0 fully saturated rings. The molecule has 0 aromatic carbocycles. The monoisotopic (exact) mass is 275 g/mol. The Balaban J connectivity index is 2.93. The molecule has 0 aliphatic rings. The van der Waals surface area contributed by atoms with Crippen LogP contribution in [0, 0.1) is 0 Å². The van der Waals surface area contributed by atoms with Crippen molar-refractivity contribution in [1.82, 2.24) is 4.98 Å². The van der Waals surface area contributed by atoms with E-state index in [-0.39, 0.29) is 5.71 Å². The lowest BCUT2D eigenvalue weighted by Gasteiger charge is -2.24. The summed E-state index contributed by atoms with van der Waals surface area (Å²) in [5, 5.41) is 33.5. The smallest absolute Gasteiger partial charge is 0.194 e. The number of nitrogens with zero attached hydrogens (tertiary/aromatic N) is 2. The van der Waals surface area contributed by atoms with Gasteiger partial charge >= 0.3 is 0 Å². The summed E-state index contributed by atoms with van der Waals surface area (Å²) in [6.07, 6.45) is -2.62. The minimum atomic E-state index is -1.70. The second-order valence-electron chi connectivity index (χ2n) is 4.29. The maximum Gasteiger partial charge on any atom is 0.194 e. The summed E-state index contributed by atoms with van der Waals surface area (Å²) >= 11 is 1.21. The van der Waals surface area contributed by atoms with Crippen molar-refractivity contribution in [3.05, 3.63) is 11.1 Å². The average Bonchev–Trinajstić information content (AvgIpc) is 2.64. The molecule has 0 amide bonds. The standard InChI is InChI=1S/C10H17N3O4S/c1-5(14)7(6-4-18-9(11)12-6)13-17-10(2,3)8(15)16/h4-5,8,14-16H,1-3H3,(H2,11,12)/b13-7-/t5-/m0/s1. The van der Waals surface area contributed by atoms with E-state index in [1.54, 1.807) is 5.38 Å². The Hall–Kier alpha value is -1.22. The zero-order valence-electron chi connectivity index (χ0n) is 10.4. The molecule has 18 heavy (non-hydrogen) atoms. The Morgan fingerprint density at radius 1 is 1.50 bits per heavy atom. The van der Waals surface area contributed by atoms with Gasteiger partial charge in [-0.2, -0.15) is 0 Å². The molecule has 1 rings (SSSR count). The fourth-order valence-corrected chi connectivity index (χ4v) is 1.51. The van der Waals surface area contributed by atoms with Crippen LogP contribution in [0.1, 0.15) is 26.5 Å². The molecule has 0 spiro atoms. The Bertz CT molecular complexity index is 429. The number of thiazole rings is 1. The molecule has 8 heteroatoms. The predicted molar refractivity (Wildman–Crippen MR) is 68.1 cm³/mol. The highest BCUT2D eigenvalue weighted by atomic mass is 32.1. The maximum absolute atomic E-state index is 9.60. The summed E-state index contributed by atoms with van der Waals surface area (Å²) in [7, 11) is 0. The lowest BCUT2D eigenvalue weighted by molar-refractivity contribution is -0.192. The number of rotatable bonds is 5. The third-order valence-corrected chi connectivity index (χ3v) is 2.86. The van der Waals surface area contributed by atoms with Gasteiger partial charge in [-0.15, -0.1) is 11.3 Å². The molecule has 5 N–H and O–H groups in total. The predicted octanol–water partition coefficient (Wildman–Crippen LogP) is -0.0839. The molecule has 0 radical (unpaired) electrons. The van der Waals surface area contributed by atoms with Crippen molar-refractivity contribution in [2.24, 2.45) is 5.16 Å². The Morgan fingerprint density at radius 3 is 2.50 bits per heavy atom. The Labute approximate surface area is 109 Å². The largest absolute Gasteiger partial charge is 0.387 e. The van der Waals surface area contributed by atoms with E-state index in [0.29, 0.717) is 10.8 Å². The first kappa shape index (κ1) is 14.8. The number of aliphatic hydroxyl groups excluding tert-OH is 2. The summed E-state index contributed by atoms with van der Waals surface area (Å²) in [6.45, 7) is 4.41. The van der Waals surface area contributed by atoms with Crippen LogP contribution in [0.4, 0.5) is 5.13 Å². The van der Waals surface area contributed by atoms with E-state index in [9.17, 15) is 5.11 Å². The van der Waals surface area contributed by atoms with Crippen LogP contribution >= 0.6 is 11.3 Å². The number of hydrogen-bond donors (Lipinski definition) is 4. The summed E-state index contributed by atoms with van der Waals surface area (Å²) in [5.74, 6) is 0. The number of oxime groups is 1. The highest BCUT2D eigenvalue weighted by molar-refractivity contribution is 7.13. The zero-order chi connectivity index (χ0) is 13.9. The van der Waals surface area contributed by atoms with Crippen LogP contribution in [-0.4, -0.2) is 44.0 Å². The van der Waals surface area contributed by atoms with E-state index in [0.717, 1.165) is 0 Å². The van der Waals surface area contributed by atoms with Crippen molar-refractivity contribution >= 4 is 22.2 Å². The van der Waals surface area contributed by atoms with E-state index in [1.807, 2.05) is 0 Å². The number of nitrogen functional groups attached to an aromatic ring is 1. The summed E-state index contributed by atoms with van der Waals surface area (Å²) in [4.78, 5) is 9.01. The van der Waals surface area contributed by atoms with Gasteiger partial charge in [0.25, 0.3) is 0 Å². The molecule has 0 aliphatic heterocycles. The molecule has 0 saturated heterocycles. The lowest BCUT2D eigenvalue weighted by atomic mass is 10.1. The van der Waals surface area contributed by atoms with Crippen molar-refractivity contribution in [2.45, 2.75) is 38.8 Å². The van der Waals surface area contributed by atoms with E-state index in [4.69, 9.17) is 20.8 Å². The van der Waals surface area contributed by atoms with E-state index in [1.165, 1.54) is 32.1 Å². The quantitative estimate of drug-likeness (QED) is 0.339. The van der Waals surface area contributed by atoms with Crippen LogP contribution < -0.4 is 5.73 Å². The summed E-state index contributed by atoms with van der Waals surface area (Å²) < 4.78 is 0. The van der Waals surface area contributed by atoms with Gasteiger partial charge in [-0.3, -0.25) is 0 Å². The van der Waals surface area contributed by atoms with Gasteiger partial charge in [0.2, 0.25) is 0 Å². The van der Waals surface area contributed by atoms with E-state index < -0.39 is 18.0 Å². The first-order chi connectivity index (χ1) is 8.24. The molecule has 1 atom stereocenters. The second-order valence-corrected chi connectivity index (χ2v) is 5.18. The van der Waals surface area contributed by atoms with Gasteiger partial charge in [0.15, 0.2) is 17.0 Å². The molecule has 1 aromatic rings. The number of hydrogen-bond acceptors (Lipinski definition) is 8. The molecule has 0 aliphatic carbocycles. The van der Waals surface area contributed by atoms with Crippen LogP contribution in [0.3, 0.4) is 0 Å². The average molecular weight is 275 g/mol. The molecule has 0 bridgehead atoms. The first-order valence-corrected chi connectivity index (χ1v) is 6.13. The fourth-order valence-electron chi connectivity index (χ4n) is 0.956. The third-order valence-electron chi connectivity index (χ3n) is 2.18. The molecule has 1 aromatic heterocycles. The van der Waals surface area contributed by atoms with Gasteiger partial charge in [-0.1, -0.05) is 5.16 Å². The van der Waals surface area contributed by atoms with Crippen molar-refractivity contribution in [3.8, 4) is 0 Å². The lowest BCUT2D eigenvalue weighted by Crippen LogP contribution is -2.38. The van der Waals surface area contributed by atoms with Gasteiger partial charge < -0.3 is 25.9 Å². The second kappa shape index (κ2) is 5.61. The van der Waals surface area contributed by atoms with Gasteiger partial charge in [0, 0.05) is 5.38 Å². The SMILES string of the molecule is C[C@H](O)/C(=N/OC(C)(C)C(O)O)c1csc(N)n1. The van der Waals surface area contributed by atoms with Crippen LogP contribution in [0.2, 0.25) is 0 Å². The topological polar surface area (TPSA) is 121 Å². The number of anilines is 1. The van der Waals surface area contributed by atoms with Crippen LogP contribution in [0.25, 0.3) is 0 Å². The molecular formula is C10H17N3O4S.